The van der Waals surface area contributed by atoms with E-state index in [1.54, 1.807) is 0 Å². The van der Waals surface area contributed by atoms with Gasteiger partial charge in [-0.1, -0.05) is 13.3 Å². The Bertz CT molecular complexity index is 171. The maximum absolute atomic E-state index is 5.50. The van der Waals surface area contributed by atoms with Crippen molar-refractivity contribution in [2.75, 3.05) is 26.3 Å². The molecule has 0 spiro atoms. The summed E-state index contributed by atoms with van der Waals surface area (Å²) in [4.78, 5) is 0. The van der Waals surface area contributed by atoms with Crippen LogP contribution in [0, 0.1) is 11.3 Å². The van der Waals surface area contributed by atoms with E-state index in [1.165, 1.54) is 38.6 Å². The SMILES string of the molecule is CCNCC1(C2CCC2)CCOCC1. The van der Waals surface area contributed by atoms with Crippen LogP contribution in [0.3, 0.4) is 0 Å². The molecule has 2 aliphatic rings. The van der Waals surface area contributed by atoms with E-state index in [4.69, 9.17) is 4.74 Å². The van der Waals surface area contributed by atoms with Crippen molar-refractivity contribution >= 4 is 0 Å². The van der Waals surface area contributed by atoms with Crippen LogP contribution < -0.4 is 5.32 Å². The Morgan fingerprint density at radius 3 is 2.50 bits per heavy atom. The minimum atomic E-state index is 0.590. The van der Waals surface area contributed by atoms with Crippen LogP contribution >= 0.6 is 0 Å². The summed E-state index contributed by atoms with van der Waals surface area (Å²) in [6.45, 7) is 6.50. The first-order valence-electron chi connectivity index (χ1n) is 6.16. The molecular formula is C12H23NO. The minimum absolute atomic E-state index is 0.590. The molecule has 0 radical (unpaired) electrons. The summed E-state index contributed by atoms with van der Waals surface area (Å²) in [5, 5.41) is 3.55. The van der Waals surface area contributed by atoms with Crippen molar-refractivity contribution in [2.24, 2.45) is 11.3 Å². The minimum Gasteiger partial charge on any atom is -0.381 e. The van der Waals surface area contributed by atoms with Crippen molar-refractivity contribution in [1.82, 2.24) is 5.32 Å². The van der Waals surface area contributed by atoms with E-state index in [0.29, 0.717) is 5.41 Å². The van der Waals surface area contributed by atoms with Crippen molar-refractivity contribution in [3.63, 3.8) is 0 Å². The molecular weight excluding hydrogens is 174 g/mol. The van der Waals surface area contributed by atoms with Gasteiger partial charge in [-0.2, -0.15) is 0 Å². The molecule has 2 heteroatoms. The largest absolute Gasteiger partial charge is 0.381 e. The highest BCUT2D eigenvalue weighted by molar-refractivity contribution is 4.93. The van der Waals surface area contributed by atoms with Crippen molar-refractivity contribution < 1.29 is 4.74 Å². The van der Waals surface area contributed by atoms with E-state index in [2.05, 4.69) is 12.2 Å². The molecule has 2 fully saturated rings. The number of hydrogen-bond donors (Lipinski definition) is 1. The predicted molar refractivity (Wildman–Crippen MR) is 58.4 cm³/mol. The fraction of sp³-hybridized carbons (Fsp3) is 1.00. The van der Waals surface area contributed by atoms with Gasteiger partial charge < -0.3 is 10.1 Å². The first-order valence-corrected chi connectivity index (χ1v) is 6.16. The van der Waals surface area contributed by atoms with Gasteiger partial charge in [-0.25, -0.2) is 0 Å². The van der Waals surface area contributed by atoms with Gasteiger partial charge in [0.25, 0.3) is 0 Å². The zero-order valence-corrected chi connectivity index (χ0v) is 9.35. The smallest absolute Gasteiger partial charge is 0.0471 e. The normalized spacial score (nSPS) is 27.2. The lowest BCUT2D eigenvalue weighted by molar-refractivity contribution is -0.0401. The van der Waals surface area contributed by atoms with Gasteiger partial charge in [-0.3, -0.25) is 0 Å². The van der Waals surface area contributed by atoms with E-state index in [9.17, 15) is 0 Å². The summed E-state index contributed by atoms with van der Waals surface area (Å²) in [5.74, 6) is 0.991. The van der Waals surface area contributed by atoms with E-state index in [-0.39, 0.29) is 0 Å². The molecule has 82 valence electrons. The highest BCUT2D eigenvalue weighted by Gasteiger charge is 2.42. The first kappa shape index (κ1) is 10.4. The summed E-state index contributed by atoms with van der Waals surface area (Å²) in [6.07, 6.45) is 6.95. The van der Waals surface area contributed by atoms with Crippen LogP contribution in [0.15, 0.2) is 0 Å². The third kappa shape index (κ3) is 1.96. The summed E-state index contributed by atoms with van der Waals surface area (Å²) in [7, 11) is 0. The van der Waals surface area contributed by atoms with Crippen LogP contribution in [0.2, 0.25) is 0 Å². The summed E-state index contributed by atoms with van der Waals surface area (Å²) < 4.78 is 5.50. The van der Waals surface area contributed by atoms with Crippen LogP contribution in [0.1, 0.15) is 39.0 Å². The lowest BCUT2D eigenvalue weighted by Crippen LogP contribution is -2.46. The van der Waals surface area contributed by atoms with E-state index in [1.807, 2.05) is 0 Å². The molecule has 14 heavy (non-hydrogen) atoms. The zero-order chi connectivity index (χ0) is 9.86. The molecule has 1 saturated heterocycles. The second kappa shape index (κ2) is 4.63. The Labute approximate surface area is 87.4 Å². The monoisotopic (exact) mass is 197 g/mol. The van der Waals surface area contributed by atoms with E-state index in [0.717, 1.165) is 25.7 Å². The molecule has 0 bridgehead atoms. The van der Waals surface area contributed by atoms with Crippen LogP contribution in [-0.4, -0.2) is 26.3 Å². The molecule has 1 aliphatic heterocycles. The maximum Gasteiger partial charge on any atom is 0.0471 e. The van der Waals surface area contributed by atoms with Crippen LogP contribution in [0.25, 0.3) is 0 Å². The molecule has 0 aromatic carbocycles. The highest BCUT2D eigenvalue weighted by atomic mass is 16.5. The lowest BCUT2D eigenvalue weighted by Gasteiger charge is -2.48. The van der Waals surface area contributed by atoms with Gasteiger partial charge in [-0.05, 0) is 43.6 Å². The van der Waals surface area contributed by atoms with Crippen molar-refractivity contribution in [3.8, 4) is 0 Å². The lowest BCUT2D eigenvalue weighted by atomic mass is 9.61. The molecule has 0 aromatic heterocycles. The number of ether oxygens (including phenoxy) is 1. The van der Waals surface area contributed by atoms with Gasteiger partial charge in [0, 0.05) is 19.8 Å². The van der Waals surface area contributed by atoms with Gasteiger partial charge >= 0.3 is 0 Å². The highest BCUT2D eigenvalue weighted by Crippen LogP contribution is 2.47. The average molecular weight is 197 g/mol. The Kier molecular flexibility index (Phi) is 3.45. The Balaban J connectivity index is 1.94. The van der Waals surface area contributed by atoms with Crippen LogP contribution in [0.4, 0.5) is 0 Å². The third-order valence-electron chi connectivity index (χ3n) is 4.19. The molecule has 2 nitrogen and oxygen atoms in total. The molecule has 0 unspecified atom stereocenters. The molecule has 1 aliphatic carbocycles. The third-order valence-corrected chi connectivity index (χ3v) is 4.19. The quantitative estimate of drug-likeness (QED) is 0.746. The van der Waals surface area contributed by atoms with Crippen molar-refractivity contribution in [2.45, 2.75) is 39.0 Å². The summed E-state index contributed by atoms with van der Waals surface area (Å²) in [5.41, 5.74) is 0.590. The van der Waals surface area contributed by atoms with Gasteiger partial charge in [0.2, 0.25) is 0 Å². The summed E-state index contributed by atoms with van der Waals surface area (Å²) >= 11 is 0. The van der Waals surface area contributed by atoms with Crippen molar-refractivity contribution in [1.29, 1.82) is 0 Å². The average Bonchev–Trinajstić information content (AvgIpc) is 2.14. The van der Waals surface area contributed by atoms with Gasteiger partial charge in [0.05, 0.1) is 0 Å². The summed E-state index contributed by atoms with van der Waals surface area (Å²) in [6, 6.07) is 0. The van der Waals surface area contributed by atoms with E-state index >= 15 is 0 Å². The maximum atomic E-state index is 5.50. The van der Waals surface area contributed by atoms with Gasteiger partial charge in [0.1, 0.15) is 0 Å². The zero-order valence-electron chi connectivity index (χ0n) is 9.35. The standard InChI is InChI=1S/C12H23NO/c1-2-13-10-12(11-4-3-5-11)6-8-14-9-7-12/h11,13H,2-10H2,1H3. The first-order chi connectivity index (χ1) is 6.87. The molecule has 2 rings (SSSR count). The fourth-order valence-corrected chi connectivity index (χ4v) is 2.90. The van der Waals surface area contributed by atoms with Crippen molar-refractivity contribution in [3.05, 3.63) is 0 Å². The number of hydrogen-bond acceptors (Lipinski definition) is 2. The molecule has 1 heterocycles. The topological polar surface area (TPSA) is 21.3 Å². The van der Waals surface area contributed by atoms with Crippen LogP contribution in [0.5, 0.6) is 0 Å². The predicted octanol–water partition coefficient (Wildman–Crippen LogP) is 2.19. The Morgan fingerprint density at radius 2 is 2.00 bits per heavy atom. The second-order valence-electron chi connectivity index (χ2n) is 4.88. The van der Waals surface area contributed by atoms with Gasteiger partial charge in [0.15, 0.2) is 0 Å². The second-order valence-corrected chi connectivity index (χ2v) is 4.88. The Morgan fingerprint density at radius 1 is 1.29 bits per heavy atom. The molecule has 1 N–H and O–H groups in total. The number of rotatable bonds is 4. The van der Waals surface area contributed by atoms with Crippen LogP contribution in [-0.2, 0) is 4.74 Å². The molecule has 0 amide bonds. The van der Waals surface area contributed by atoms with Gasteiger partial charge in [-0.15, -0.1) is 0 Å². The molecule has 0 aromatic rings. The number of nitrogens with one attached hydrogen (secondary N) is 1. The molecule has 0 atom stereocenters. The fourth-order valence-electron chi connectivity index (χ4n) is 2.90. The van der Waals surface area contributed by atoms with E-state index < -0.39 is 0 Å². The molecule has 1 saturated carbocycles. The Hall–Kier alpha value is -0.0800.